The minimum atomic E-state index is -4.75. The number of hydrogen-bond acceptors (Lipinski definition) is 4. The van der Waals surface area contributed by atoms with Crippen molar-refractivity contribution in [2.45, 2.75) is 25.6 Å². The molecule has 0 spiro atoms. The summed E-state index contributed by atoms with van der Waals surface area (Å²) in [5.41, 5.74) is -1.93. The topological polar surface area (TPSA) is 73.2 Å². The fourth-order valence-corrected chi connectivity index (χ4v) is 1.57. The maximum Gasteiger partial charge on any atom is 0.435 e. The largest absolute Gasteiger partial charge is 0.467 e. The molecular formula is C11H14F3N3O3. The van der Waals surface area contributed by atoms with Crippen molar-refractivity contribution in [2.75, 3.05) is 7.11 Å². The fourth-order valence-electron chi connectivity index (χ4n) is 1.57. The van der Waals surface area contributed by atoms with Crippen LogP contribution in [0.5, 0.6) is 0 Å². The van der Waals surface area contributed by atoms with Gasteiger partial charge in [-0.15, -0.1) is 0 Å². The van der Waals surface area contributed by atoms with Crippen LogP contribution in [0.3, 0.4) is 0 Å². The van der Waals surface area contributed by atoms with Gasteiger partial charge in [0, 0.05) is 13.2 Å². The molecule has 0 aliphatic heterocycles. The van der Waals surface area contributed by atoms with Gasteiger partial charge in [-0.25, -0.2) is 4.79 Å². The summed E-state index contributed by atoms with van der Waals surface area (Å²) < 4.78 is 43.5. The molecule has 1 aromatic rings. The van der Waals surface area contributed by atoms with E-state index in [-0.39, 0.29) is 6.42 Å². The second-order valence-electron chi connectivity index (χ2n) is 4.02. The lowest BCUT2D eigenvalue weighted by atomic mass is 10.2. The quantitative estimate of drug-likeness (QED) is 0.844. The van der Waals surface area contributed by atoms with E-state index < -0.39 is 35.4 Å². The third kappa shape index (κ3) is 3.49. The van der Waals surface area contributed by atoms with Gasteiger partial charge < -0.3 is 10.1 Å². The van der Waals surface area contributed by atoms with E-state index in [0.717, 1.165) is 18.0 Å². The Morgan fingerprint density at radius 1 is 1.50 bits per heavy atom. The molecule has 1 aromatic heterocycles. The first-order chi connectivity index (χ1) is 9.20. The SMILES string of the molecule is CC[C@H](NC(=O)c1cn(C)nc1C(F)(F)F)C(=O)OC. The molecule has 0 saturated heterocycles. The molecule has 1 rings (SSSR count). The summed E-state index contributed by atoms with van der Waals surface area (Å²) >= 11 is 0. The number of amides is 1. The Balaban J connectivity index is 3.01. The van der Waals surface area contributed by atoms with Crippen molar-refractivity contribution in [3.8, 4) is 0 Å². The lowest BCUT2D eigenvalue weighted by Crippen LogP contribution is -2.41. The maximum atomic E-state index is 12.7. The predicted octanol–water partition coefficient (Wildman–Crippen LogP) is 1.12. The molecule has 1 amide bonds. The van der Waals surface area contributed by atoms with Gasteiger partial charge in [0.25, 0.3) is 5.91 Å². The summed E-state index contributed by atoms with van der Waals surface area (Å²) in [4.78, 5) is 23.2. The van der Waals surface area contributed by atoms with Crippen molar-refractivity contribution in [2.24, 2.45) is 7.05 Å². The first kappa shape index (κ1) is 16.0. The summed E-state index contributed by atoms with van der Waals surface area (Å²) in [6.45, 7) is 1.59. The Bertz CT molecular complexity index is 511. The van der Waals surface area contributed by atoms with Crippen LogP contribution in [0, 0.1) is 0 Å². The van der Waals surface area contributed by atoms with E-state index in [2.05, 4.69) is 15.2 Å². The Morgan fingerprint density at radius 2 is 2.10 bits per heavy atom. The summed E-state index contributed by atoms with van der Waals surface area (Å²) in [6, 6.07) is -1.01. The van der Waals surface area contributed by atoms with Crippen molar-refractivity contribution >= 4 is 11.9 Å². The Morgan fingerprint density at radius 3 is 2.55 bits per heavy atom. The summed E-state index contributed by atoms with van der Waals surface area (Å²) in [6.07, 6.45) is -3.61. The monoisotopic (exact) mass is 293 g/mol. The number of methoxy groups -OCH3 is 1. The number of nitrogens with zero attached hydrogens (tertiary/aromatic N) is 2. The first-order valence-electron chi connectivity index (χ1n) is 5.70. The Kier molecular flexibility index (Phi) is 4.74. The molecule has 0 bridgehead atoms. The molecule has 6 nitrogen and oxygen atoms in total. The molecular weight excluding hydrogens is 279 g/mol. The minimum Gasteiger partial charge on any atom is -0.467 e. The Labute approximate surface area is 112 Å². The molecule has 20 heavy (non-hydrogen) atoms. The molecule has 0 unspecified atom stereocenters. The first-order valence-corrected chi connectivity index (χ1v) is 5.70. The normalized spacial score (nSPS) is 12.9. The van der Waals surface area contributed by atoms with E-state index in [4.69, 9.17) is 0 Å². The molecule has 1 N–H and O–H groups in total. The molecule has 0 aliphatic carbocycles. The smallest absolute Gasteiger partial charge is 0.435 e. The number of hydrogen-bond donors (Lipinski definition) is 1. The van der Waals surface area contributed by atoms with Crippen molar-refractivity contribution in [3.05, 3.63) is 17.5 Å². The fraction of sp³-hybridized carbons (Fsp3) is 0.545. The van der Waals surface area contributed by atoms with Crippen LogP contribution in [-0.2, 0) is 22.8 Å². The van der Waals surface area contributed by atoms with Gasteiger partial charge in [0.15, 0.2) is 5.69 Å². The third-order valence-corrected chi connectivity index (χ3v) is 2.54. The number of alkyl halides is 3. The highest BCUT2D eigenvalue weighted by molar-refractivity contribution is 5.97. The van der Waals surface area contributed by atoms with E-state index in [0.29, 0.717) is 0 Å². The van der Waals surface area contributed by atoms with Gasteiger partial charge >= 0.3 is 12.1 Å². The molecule has 0 aliphatic rings. The van der Waals surface area contributed by atoms with E-state index in [9.17, 15) is 22.8 Å². The summed E-state index contributed by atoms with van der Waals surface area (Å²) in [5.74, 6) is -1.75. The second-order valence-corrected chi connectivity index (χ2v) is 4.02. The zero-order chi connectivity index (χ0) is 15.5. The van der Waals surface area contributed by atoms with Crippen LogP contribution in [0.4, 0.5) is 13.2 Å². The van der Waals surface area contributed by atoms with Crippen LogP contribution in [0.2, 0.25) is 0 Å². The average molecular weight is 293 g/mol. The zero-order valence-electron chi connectivity index (χ0n) is 11.1. The van der Waals surface area contributed by atoms with Crippen LogP contribution in [0.15, 0.2) is 6.20 Å². The van der Waals surface area contributed by atoms with Crippen LogP contribution in [-0.4, -0.2) is 34.8 Å². The highest BCUT2D eigenvalue weighted by Crippen LogP contribution is 2.30. The zero-order valence-corrected chi connectivity index (χ0v) is 11.1. The van der Waals surface area contributed by atoms with Gasteiger partial charge in [0.05, 0.1) is 12.7 Å². The van der Waals surface area contributed by atoms with Crippen LogP contribution in [0.25, 0.3) is 0 Å². The molecule has 1 heterocycles. The summed E-state index contributed by atoms with van der Waals surface area (Å²) in [5, 5.41) is 5.41. The highest BCUT2D eigenvalue weighted by atomic mass is 19.4. The van der Waals surface area contributed by atoms with Crippen molar-refractivity contribution in [3.63, 3.8) is 0 Å². The minimum absolute atomic E-state index is 0.194. The number of aryl methyl sites for hydroxylation is 1. The number of halogens is 3. The highest BCUT2D eigenvalue weighted by Gasteiger charge is 2.39. The van der Waals surface area contributed by atoms with Gasteiger partial charge in [-0.1, -0.05) is 6.92 Å². The molecule has 1 atom stereocenters. The molecule has 112 valence electrons. The number of carbonyl (C=O) groups excluding carboxylic acids is 2. The molecule has 0 radical (unpaired) electrons. The van der Waals surface area contributed by atoms with Gasteiger partial charge in [-0.3, -0.25) is 9.48 Å². The number of rotatable bonds is 4. The predicted molar refractivity (Wildman–Crippen MR) is 61.8 cm³/mol. The van der Waals surface area contributed by atoms with Crippen molar-refractivity contribution in [1.82, 2.24) is 15.1 Å². The van der Waals surface area contributed by atoms with Crippen LogP contribution in [0.1, 0.15) is 29.4 Å². The van der Waals surface area contributed by atoms with Gasteiger partial charge in [0.1, 0.15) is 6.04 Å². The average Bonchev–Trinajstić information content (AvgIpc) is 2.77. The number of aromatic nitrogens is 2. The lowest BCUT2D eigenvalue weighted by Gasteiger charge is -2.14. The maximum absolute atomic E-state index is 12.7. The third-order valence-electron chi connectivity index (χ3n) is 2.54. The van der Waals surface area contributed by atoms with Gasteiger partial charge in [0.2, 0.25) is 0 Å². The van der Waals surface area contributed by atoms with Gasteiger partial charge in [-0.05, 0) is 6.42 Å². The lowest BCUT2D eigenvalue weighted by molar-refractivity contribution is -0.143. The van der Waals surface area contributed by atoms with Gasteiger partial charge in [-0.2, -0.15) is 18.3 Å². The van der Waals surface area contributed by atoms with E-state index in [1.807, 2.05) is 0 Å². The Hall–Kier alpha value is -2.06. The standard InChI is InChI=1S/C11H14F3N3O3/c1-4-7(10(19)20-3)15-9(18)6-5-17(2)16-8(6)11(12,13)14/h5,7H,4H2,1-3H3,(H,15,18)/t7-/m0/s1. The number of carbonyl (C=O) groups is 2. The summed E-state index contributed by atoms with van der Waals surface area (Å²) in [7, 11) is 2.39. The second kappa shape index (κ2) is 5.93. The number of ether oxygens (including phenoxy) is 1. The van der Waals surface area contributed by atoms with E-state index in [1.165, 1.54) is 7.05 Å². The van der Waals surface area contributed by atoms with Crippen LogP contribution >= 0.6 is 0 Å². The van der Waals surface area contributed by atoms with Crippen LogP contribution < -0.4 is 5.32 Å². The number of esters is 1. The molecule has 0 aromatic carbocycles. The van der Waals surface area contributed by atoms with Crippen molar-refractivity contribution < 1.29 is 27.5 Å². The molecule has 0 fully saturated rings. The molecule has 9 heteroatoms. The van der Waals surface area contributed by atoms with E-state index >= 15 is 0 Å². The molecule has 0 saturated carbocycles. The number of nitrogens with one attached hydrogen (secondary N) is 1. The van der Waals surface area contributed by atoms with Crippen molar-refractivity contribution in [1.29, 1.82) is 0 Å². The van der Waals surface area contributed by atoms with E-state index in [1.54, 1.807) is 6.92 Å².